The van der Waals surface area contributed by atoms with Gasteiger partial charge in [0.05, 0.1) is 0 Å². The van der Waals surface area contributed by atoms with Gasteiger partial charge in [0.1, 0.15) is 0 Å². The van der Waals surface area contributed by atoms with Gasteiger partial charge >= 0.3 is 0 Å². The largest absolute Gasteiger partial charge is 0.330 e. The third-order valence-electron chi connectivity index (χ3n) is 3.08. The van der Waals surface area contributed by atoms with Gasteiger partial charge in [-0.15, -0.1) is 0 Å². The quantitative estimate of drug-likeness (QED) is 0.552. The molecule has 0 spiro atoms. The molecule has 0 aliphatic carbocycles. The van der Waals surface area contributed by atoms with Crippen molar-refractivity contribution in [3.63, 3.8) is 0 Å². The molecule has 106 valence electrons. The lowest BCUT2D eigenvalue weighted by Gasteiger charge is -2.18. The Morgan fingerprint density at radius 2 is 1.95 bits per heavy atom. The molecule has 19 heavy (non-hydrogen) atoms. The normalized spacial score (nSPS) is 13.3. The van der Waals surface area contributed by atoms with E-state index >= 15 is 0 Å². The molecule has 1 atom stereocenters. The van der Waals surface area contributed by atoms with E-state index in [4.69, 9.17) is 4.55 Å². The minimum absolute atomic E-state index is 0.380. The van der Waals surface area contributed by atoms with E-state index in [1.54, 1.807) is 0 Å². The molecule has 2 nitrogen and oxygen atoms in total. The standard InChI is InChI=1S/C16H25NOS/c1-13(2)16(17-11-4-12-19-18)10-9-15-7-5-14(3)6-8-15/h5-10,13,16-18H,4,11-12H2,1-3H3/b10-9+. The maximum Gasteiger partial charge on any atom is 0.0276 e. The minimum Gasteiger partial charge on any atom is -0.330 e. The second-order valence-corrected chi connectivity index (χ2v) is 5.85. The molecule has 1 unspecified atom stereocenters. The summed E-state index contributed by atoms with van der Waals surface area (Å²) in [6.45, 7) is 7.48. The Kier molecular flexibility index (Phi) is 7.87. The van der Waals surface area contributed by atoms with Gasteiger partial charge in [-0.05, 0) is 43.4 Å². The molecule has 0 radical (unpaired) electrons. The van der Waals surface area contributed by atoms with E-state index in [-0.39, 0.29) is 0 Å². The molecule has 2 N–H and O–H groups in total. The van der Waals surface area contributed by atoms with Gasteiger partial charge in [0.2, 0.25) is 0 Å². The minimum atomic E-state index is 0.380. The van der Waals surface area contributed by atoms with Gasteiger partial charge in [0, 0.05) is 11.8 Å². The number of aryl methyl sites for hydroxylation is 1. The molecule has 0 saturated heterocycles. The summed E-state index contributed by atoms with van der Waals surface area (Å²) in [7, 11) is 0. The second-order valence-electron chi connectivity index (χ2n) is 5.18. The van der Waals surface area contributed by atoms with Crippen molar-refractivity contribution in [2.24, 2.45) is 5.92 Å². The van der Waals surface area contributed by atoms with Gasteiger partial charge in [-0.1, -0.05) is 55.8 Å². The third kappa shape index (κ3) is 6.81. The van der Waals surface area contributed by atoms with Crippen molar-refractivity contribution in [3.05, 3.63) is 41.5 Å². The van der Waals surface area contributed by atoms with Crippen LogP contribution in [0.15, 0.2) is 30.3 Å². The number of benzene rings is 1. The highest BCUT2D eigenvalue weighted by molar-refractivity contribution is 7.93. The zero-order valence-electron chi connectivity index (χ0n) is 12.1. The first-order valence-corrected chi connectivity index (χ1v) is 7.82. The van der Waals surface area contributed by atoms with Gasteiger partial charge < -0.3 is 9.87 Å². The Morgan fingerprint density at radius 1 is 1.26 bits per heavy atom. The summed E-state index contributed by atoms with van der Waals surface area (Å²) < 4.78 is 8.69. The van der Waals surface area contributed by atoms with E-state index in [2.05, 4.69) is 62.5 Å². The van der Waals surface area contributed by atoms with Gasteiger partial charge in [-0.25, -0.2) is 0 Å². The zero-order valence-corrected chi connectivity index (χ0v) is 12.9. The van der Waals surface area contributed by atoms with Crippen molar-refractivity contribution in [3.8, 4) is 0 Å². The van der Waals surface area contributed by atoms with Crippen molar-refractivity contribution >= 4 is 18.1 Å². The summed E-state index contributed by atoms with van der Waals surface area (Å²) in [6, 6.07) is 8.94. The van der Waals surface area contributed by atoms with Crippen LogP contribution in [0.4, 0.5) is 0 Å². The third-order valence-corrected chi connectivity index (χ3v) is 3.56. The predicted octanol–water partition coefficient (Wildman–Crippen LogP) is 4.22. The highest BCUT2D eigenvalue weighted by Gasteiger charge is 2.08. The van der Waals surface area contributed by atoms with Crippen LogP contribution in [0.1, 0.15) is 31.4 Å². The van der Waals surface area contributed by atoms with Gasteiger partial charge in [0.15, 0.2) is 0 Å². The molecule has 1 aromatic carbocycles. The van der Waals surface area contributed by atoms with Crippen LogP contribution in [0.3, 0.4) is 0 Å². The zero-order chi connectivity index (χ0) is 14.1. The van der Waals surface area contributed by atoms with Crippen LogP contribution in [0.25, 0.3) is 6.08 Å². The van der Waals surface area contributed by atoms with Crippen molar-refractivity contribution < 1.29 is 4.55 Å². The Hall–Kier alpha value is -0.770. The fraction of sp³-hybridized carbons (Fsp3) is 0.500. The molecule has 0 bridgehead atoms. The van der Waals surface area contributed by atoms with Crippen molar-refractivity contribution in [1.29, 1.82) is 0 Å². The Balaban J connectivity index is 2.50. The molecular weight excluding hydrogens is 254 g/mol. The van der Waals surface area contributed by atoms with Crippen LogP contribution < -0.4 is 5.32 Å². The van der Waals surface area contributed by atoms with Crippen LogP contribution in [0.2, 0.25) is 0 Å². The van der Waals surface area contributed by atoms with Crippen LogP contribution >= 0.6 is 12.0 Å². The molecule has 1 aromatic rings. The summed E-state index contributed by atoms with van der Waals surface area (Å²) in [4.78, 5) is 0. The average Bonchev–Trinajstić information content (AvgIpc) is 2.39. The molecule has 1 rings (SSSR count). The maximum atomic E-state index is 8.69. The molecule has 0 amide bonds. The first-order valence-electron chi connectivity index (χ1n) is 6.88. The first kappa shape index (κ1) is 16.3. The highest BCUT2D eigenvalue weighted by Crippen LogP contribution is 2.09. The molecule has 0 aromatic heterocycles. The van der Waals surface area contributed by atoms with E-state index in [1.165, 1.54) is 11.1 Å². The lowest BCUT2D eigenvalue weighted by atomic mass is 10.0. The van der Waals surface area contributed by atoms with E-state index in [0.717, 1.165) is 30.8 Å². The molecule has 0 saturated carbocycles. The van der Waals surface area contributed by atoms with Crippen molar-refractivity contribution in [1.82, 2.24) is 5.32 Å². The van der Waals surface area contributed by atoms with Gasteiger partial charge in [-0.2, -0.15) is 0 Å². The monoisotopic (exact) mass is 279 g/mol. The molecule has 3 heteroatoms. The number of hydrogen-bond donors (Lipinski definition) is 2. The van der Waals surface area contributed by atoms with E-state index in [9.17, 15) is 0 Å². The maximum absolute atomic E-state index is 8.69. The van der Waals surface area contributed by atoms with E-state index in [0.29, 0.717) is 12.0 Å². The number of hydrogen-bond acceptors (Lipinski definition) is 3. The molecular formula is C16H25NOS. The predicted molar refractivity (Wildman–Crippen MR) is 86.5 cm³/mol. The lowest BCUT2D eigenvalue weighted by molar-refractivity contribution is 0.466. The highest BCUT2D eigenvalue weighted by atomic mass is 32.2. The van der Waals surface area contributed by atoms with Crippen LogP contribution in [-0.2, 0) is 0 Å². The fourth-order valence-corrected chi connectivity index (χ4v) is 2.10. The summed E-state index contributed by atoms with van der Waals surface area (Å²) in [5, 5.41) is 3.52. The van der Waals surface area contributed by atoms with Gasteiger partial charge in [0.25, 0.3) is 0 Å². The van der Waals surface area contributed by atoms with Crippen molar-refractivity contribution in [2.45, 2.75) is 33.2 Å². The van der Waals surface area contributed by atoms with Crippen LogP contribution in [0, 0.1) is 12.8 Å². The Bertz CT molecular complexity index is 373. The number of rotatable bonds is 8. The van der Waals surface area contributed by atoms with Crippen LogP contribution in [0.5, 0.6) is 0 Å². The summed E-state index contributed by atoms with van der Waals surface area (Å²) in [6.07, 6.45) is 5.40. The lowest BCUT2D eigenvalue weighted by Crippen LogP contribution is -2.32. The Morgan fingerprint density at radius 3 is 2.53 bits per heavy atom. The topological polar surface area (TPSA) is 32.3 Å². The van der Waals surface area contributed by atoms with Crippen LogP contribution in [-0.4, -0.2) is 22.9 Å². The van der Waals surface area contributed by atoms with E-state index in [1.807, 2.05) is 0 Å². The summed E-state index contributed by atoms with van der Waals surface area (Å²) in [5.41, 5.74) is 2.53. The smallest absolute Gasteiger partial charge is 0.0276 e. The van der Waals surface area contributed by atoms with Gasteiger partial charge in [-0.3, -0.25) is 0 Å². The Labute approximate surface area is 121 Å². The van der Waals surface area contributed by atoms with E-state index < -0.39 is 0 Å². The molecule has 0 fully saturated rings. The van der Waals surface area contributed by atoms with Crippen molar-refractivity contribution in [2.75, 3.05) is 12.3 Å². The molecule has 0 aliphatic heterocycles. The summed E-state index contributed by atoms with van der Waals surface area (Å²) >= 11 is 0.915. The fourth-order valence-electron chi connectivity index (χ4n) is 1.82. The SMILES string of the molecule is Cc1ccc(/C=C/C(NCCCSO)C(C)C)cc1. The number of nitrogens with one attached hydrogen (secondary N) is 1. The average molecular weight is 279 g/mol. The summed E-state index contributed by atoms with van der Waals surface area (Å²) in [5.74, 6) is 1.35. The molecule has 0 aliphatic rings. The molecule has 0 heterocycles. The first-order chi connectivity index (χ1) is 9.13. The second kappa shape index (κ2) is 9.18.